The summed E-state index contributed by atoms with van der Waals surface area (Å²) < 4.78 is 0. The monoisotopic (exact) mass is 324 g/mol. The quantitative estimate of drug-likeness (QED) is 0.811. The van der Waals surface area contributed by atoms with Crippen molar-refractivity contribution in [3.05, 3.63) is 64.5 Å². The van der Waals surface area contributed by atoms with Crippen LogP contribution in [0.15, 0.2) is 36.4 Å². The van der Waals surface area contributed by atoms with E-state index in [4.69, 9.17) is 4.84 Å². The van der Waals surface area contributed by atoms with Gasteiger partial charge in [0.2, 0.25) is 0 Å². The van der Waals surface area contributed by atoms with Crippen molar-refractivity contribution in [2.24, 2.45) is 0 Å². The van der Waals surface area contributed by atoms with Crippen LogP contribution in [0.4, 0.5) is 0 Å². The van der Waals surface area contributed by atoms with Crippen molar-refractivity contribution < 1.29 is 19.2 Å². The Hall–Kier alpha value is -3.02. The highest BCUT2D eigenvalue weighted by molar-refractivity contribution is 6.21. The van der Waals surface area contributed by atoms with Gasteiger partial charge in [-0.2, -0.15) is 0 Å². The van der Waals surface area contributed by atoms with Crippen molar-refractivity contribution in [1.29, 1.82) is 0 Å². The number of carbonyl (C=O) groups excluding carboxylic acids is 3. The van der Waals surface area contributed by atoms with Crippen LogP contribution in [0.3, 0.4) is 0 Å². The highest BCUT2D eigenvalue weighted by atomic mass is 16.7. The van der Waals surface area contributed by atoms with E-state index in [-0.39, 0.29) is 22.6 Å². The molecule has 0 saturated carbocycles. The maximum atomic E-state index is 12.5. The molecule has 0 spiro atoms. The number of imide groups is 1. The number of nitrogens with zero attached hydrogens (tertiary/aromatic N) is 2. The Morgan fingerprint density at radius 1 is 1.04 bits per heavy atom. The van der Waals surface area contributed by atoms with Crippen LogP contribution in [0, 0.1) is 6.92 Å². The highest BCUT2D eigenvalue weighted by Crippen LogP contribution is 2.25. The maximum Gasteiger partial charge on any atom is 0.365 e. The number of carbonyl (C=O) groups is 3. The van der Waals surface area contributed by atoms with E-state index in [9.17, 15) is 14.4 Å². The van der Waals surface area contributed by atoms with Crippen LogP contribution in [0.25, 0.3) is 0 Å². The molecule has 0 saturated heterocycles. The van der Waals surface area contributed by atoms with Gasteiger partial charge in [-0.05, 0) is 37.1 Å². The fraction of sp³-hybridized carbons (Fsp3) is 0.222. The minimum absolute atomic E-state index is 0.00497. The van der Waals surface area contributed by atoms with Crippen LogP contribution >= 0.6 is 0 Å². The number of pyridine rings is 1. The van der Waals surface area contributed by atoms with E-state index in [1.807, 2.05) is 20.8 Å². The summed E-state index contributed by atoms with van der Waals surface area (Å²) in [6.07, 6.45) is 0. The second kappa shape index (κ2) is 5.88. The van der Waals surface area contributed by atoms with E-state index in [2.05, 4.69) is 4.98 Å². The largest absolute Gasteiger partial charge is 0.365 e. The van der Waals surface area contributed by atoms with Crippen molar-refractivity contribution in [1.82, 2.24) is 10.0 Å². The Balaban J connectivity index is 1.90. The third-order valence-corrected chi connectivity index (χ3v) is 3.76. The van der Waals surface area contributed by atoms with Crippen LogP contribution in [0.5, 0.6) is 0 Å². The molecule has 0 N–H and O–H groups in total. The average Bonchev–Trinajstić information content (AvgIpc) is 2.80. The molecule has 6 heteroatoms. The van der Waals surface area contributed by atoms with Gasteiger partial charge in [0.25, 0.3) is 11.8 Å². The molecule has 0 atom stereocenters. The first kappa shape index (κ1) is 15.9. The lowest BCUT2D eigenvalue weighted by Crippen LogP contribution is -2.33. The Morgan fingerprint density at radius 2 is 1.62 bits per heavy atom. The third kappa shape index (κ3) is 2.56. The summed E-state index contributed by atoms with van der Waals surface area (Å²) in [6.45, 7) is 5.63. The Morgan fingerprint density at radius 3 is 2.17 bits per heavy atom. The number of benzene rings is 1. The molecular formula is C18H16N2O4. The van der Waals surface area contributed by atoms with Crippen LogP contribution in [0.2, 0.25) is 0 Å². The number of aryl methyl sites for hydroxylation is 1. The van der Waals surface area contributed by atoms with Gasteiger partial charge in [0.05, 0.1) is 22.4 Å². The summed E-state index contributed by atoms with van der Waals surface area (Å²) in [4.78, 5) is 46.4. The minimum Gasteiger partial charge on any atom is -0.324 e. The van der Waals surface area contributed by atoms with E-state index in [1.165, 1.54) is 12.1 Å². The lowest BCUT2D eigenvalue weighted by Gasteiger charge is -2.15. The predicted molar refractivity (Wildman–Crippen MR) is 85.4 cm³/mol. The molecule has 0 unspecified atom stereocenters. The zero-order chi connectivity index (χ0) is 17.4. The first-order valence-electron chi connectivity index (χ1n) is 7.57. The van der Waals surface area contributed by atoms with Crippen molar-refractivity contribution >= 4 is 17.8 Å². The van der Waals surface area contributed by atoms with E-state index >= 15 is 0 Å². The molecule has 3 rings (SSSR count). The fourth-order valence-electron chi connectivity index (χ4n) is 2.57. The predicted octanol–water partition coefficient (Wildman–Crippen LogP) is 2.88. The van der Waals surface area contributed by atoms with Crippen LogP contribution in [-0.4, -0.2) is 27.8 Å². The van der Waals surface area contributed by atoms with Gasteiger partial charge >= 0.3 is 5.97 Å². The molecule has 6 nitrogen and oxygen atoms in total. The van der Waals surface area contributed by atoms with Crippen molar-refractivity contribution in [2.75, 3.05) is 0 Å². The van der Waals surface area contributed by atoms with Crippen molar-refractivity contribution in [2.45, 2.75) is 26.7 Å². The van der Waals surface area contributed by atoms with Crippen molar-refractivity contribution in [3.63, 3.8) is 0 Å². The number of hydrogen-bond acceptors (Lipinski definition) is 5. The summed E-state index contributed by atoms with van der Waals surface area (Å²) in [5.74, 6) is -2.07. The normalized spacial score (nSPS) is 13.4. The van der Waals surface area contributed by atoms with E-state index in [1.54, 1.807) is 24.3 Å². The molecule has 2 heterocycles. The summed E-state index contributed by atoms with van der Waals surface area (Å²) in [5.41, 5.74) is 2.03. The summed E-state index contributed by atoms with van der Waals surface area (Å²) >= 11 is 0. The number of rotatable bonds is 3. The summed E-state index contributed by atoms with van der Waals surface area (Å²) in [6, 6.07) is 9.63. The molecule has 1 aromatic heterocycles. The third-order valence-electron chi connectivity index (χ3n) is 3.76. The van der Waals surface area contributed by atoms with Gasteiger partial charge in [-0.25, -0.2) is 4.79 Å². The highest BCUT2D eigenvalue weighted by Gasteiger charge is 2.39. The van der Waals surface area contributed by atoms with Crippen LogP contribution in [-0.2, 0) is 4.84 Å². The Bertz CT molecular complexity index is 823. The van der Waals surface area contributed by atoms with Crippen molar-refractivity contribution in [3.8, 4) is 0 Å². The van der Waals surface area contributed by atoms with E-state index < -0.39 is 17.8 Å². The average molecular weight is 324 g/mol. The summed E-state index contributed by atoms with van der Waals surface area (Å²) in [5, 5.41) is 0.511. The van der Waals surface area contributed by atoms with Gasteiger partial charge in [-0.15, -0.1) is 0 Å². The second-order valence-electron chi connectivity index (χ2n) is 5.87. The van der Waals surface area contributed by atoms with Gasteiger partial charge in [0.1, 0.15) is 0 Å². The molecule has 1 aromatic carbocycles. The molecule has 24 heavy (non-hydrogen) atoms. The topological polar surface area (TPSA) is 76.6 Å². The van der Waals surface area contributed by atoms with Gasteiger partial charge in [-0.3, -0.25) is 14.6 Å². The molecule has 1 aliphatic rings. The van der Waals surface area contributed by atoms with Crippen LogP contribution < -0.4 is 0 Å². The maximum absolute atomic E-state index is 12.5. The Labute approximate surface area is 139 Å². The molecular weight excluding hydrogens is 308 g/mol. The van der Waals surface area contributed by atoms with Gasteiger partial charge < -0.3 is 4.84 Å². The first-order chi connectivity index (χ1) is 11.4. The number of hydroxylamine groups is 2. The molecule has 122 valence electrons. The standard InChI is InChI=1S/C18H16N2O4/c1-10(2)15-14(9-8-11(3)19-15)18(23)24-20-16(21)12-6-4-5-7-13(12)17(20)22/h4-10H,1-3H3. The minimum atomic E-state index is -0.777. The molecule has 2 aromatic rings. The number of aromatic nitrogens is 1. The number of fused-ring (bicyclic) bond motifs is 1. The molecule has 0 aliphatic carbocycles. The smallest absolute Gasteiger partial charge is 0.324 e. The molecule has 1 aliphatic heterocycles. The zero-order valence-electron chi connectivity index (χ0n) is 13.6. The SMILES string of the molecule is Cc1ccc(C(=O)ON2C(=O)c3ccccc3C2=O)c(C(C)C)n1. The molecule has 0 radical (unpaired) electrons. The van der Waals surface area contributed by atoms with Gasteiger partial charge in [0, 0.05) is 5.69 Å². The van der Waals surface area contributed by atoms with Crippen LogP contribution in [0.1, 0.15) is 62.2 Å². The fourth-order valence-corrected chi connectivity index (χ4v) is 2.57. The Kier molecular flexibility index (Phi) is 3.89. The lowest BCUT2D eigenvalue weighted by molar-refractivity contribution is -0.0585. The second-order valence-corrected chi connectivity index (χ2v) is 5.87. The van der Waals surface area contributed by atoms with E-state index in [0.29, 0.717) is 10.8 Å². The first-order valence-corrected chi connectivity index (χ1v) is 7.57. The van der Waals surface area contributed by atoms with Gasteiger partial charge in [0.15, 0.2) is 0 Å². The summed E-state index contributed by atoms with van der Waals surface area (Å²) in [7, 11) is 0. The number of hydrogen-bond donors (Lipinski definition) is 0. The molecule has 0 bridgehead atoms. The van der Waals surface area contributed by atoms with E-state index in [0.717, 1.165) is 5.69 Å². The number of amides is 2. The van der Waals surface area contributed by atoms with Gasteiger partial charge in [-0.1, -0.05) is 31.0 Å². The lowest BCUT2D eigenvalue weighted by atomic mass is 10.0. The molecule has 2 amide bonds. The zero-order valence-corrected chi connectivity index (χ0v) is 13.6. The molecule has 0 fully saturated rings.